The molecule has 4 atom stereocenters. The number of quaternary nitrogens is 1. The molecule has 1 aliphatic carbocycles. The van der Waals surface area contributed by atoms with Crippen LogP contribution in [0.15, 0.2) is 18.2 Å². The molecule has 5 N–H and O–H groups in total. The first kappa shape index (κ1) is 14.2. The minimum atomic E-state index is -1.20. The molecule has 3 rings (SSSR count). The number of hydrogen-bond acceptors (Lipinski definition) is 5. The van der Waals surface area contributed by atoms with E-state index in [4.69, 9.17) is 11.6 Å². The van der Waals surface area contributed by atoms with Crippen LogP contribution in [-0.4, -0.2) is 27.4 Å². The highest BCUT2D eigenvalue weighted by molar-refractivity contribution is 6.33. The van der Waals surface area contributed by atoms with Crippen LogP contribution < -0.4 is 10.5 Å². The monoisotopic (exact) mass is 312 g/mol. The summed E-state index contributed by atoms with van der Waals surface area (Å²) >= 11 is 5.94. The molecule has 2 aliphatic rings. The van der Waals surface area contributed by atoms with Crippen LogP contribution in [0.4, 0.5) is 11.4 Å². The largest absolute Gasteiger partial charge is 0.595 e. The molecule has 1 aromatic carbocycles. The predicted octanol–water partition coefficient (Wildman–Crippen LogP) is 0.987. The van der Waals surface area contributed by atoms with E-state index in [-0.39, 0.29) is 28.1 Å². The van der Waals surface area contributed by atoms with Crippen LogP contribution >= 0.6 is 11.6 Å². The second kappa shape index (κ2) is 4.88. The second-order valence-corrected chi connectivity index (χ2v) is 5.57. The molecule has 0 fully saturated rings. The molecule has 0 spiro atoms. The normalized spacial score (nSPS) is 27.7. The SMILES string of the molecule is O=C(O)[C@@H]1Nc2c(O)cc(Cl)c([NH+]([O-])O)c2[C@H]2C=CC[C@@H]21. The molecular weight excluding hydrogens is 300 g/mol. The molecular formula is C13H13ClN2O5. The molecule has 0 aromatic heterocycles. The summed E-state index contributed by atoms with van der Waals surface area (Å²) in [5.74, 6) is -1.97. The van der Waals surface area contributed by atoms with Gasteiger partial charge in [-0.2, -0.15) is 5.23 Å². The molecule has 1 unspecified atom stereocenters. The van der Waals surface area contributed by atoms with E-state index in [2.05, 4.69) is 5.32 Å². The zero-order valence-electron chi connectivity index (χ0n) is 10.7. The van der Waals surface area contributed by atoms with Crippen LogP contribution in [0.3, 0.4) is 0 Å². The smallest absolute Gasteiger partial charge is 0.326 e. The third kappa shape index (κ3) is 2.06. The molecule has 0 saturated heterocycles. The Hall–Kier alpha value is -1.80. The molecule has 0 saturated carbocycles. The Balaban J connectivity index is 2.24. The van der Waals surface area contributed by atoms with Gasteiger partial charge in [-0.25, -0.2) is 10.0 Å². The molecule has 0 radical (unpaired) electrons. The van der Waals surface area contributed by atoms with Gasteiger partial charge < -0.3 is 20.7 Å². The number of aromatic hydroxyl groups is 1. The molecule has 0 amide bonds. The average Bonchev–Trinajstić information content (AvgIpc) is 2.86. The van der Waals surface area contributed by atoms with Gasteiger partial charge in [0.2, 0.25) is 0 Å². The van der Waals surface area contributed by atoms with Crippen molar-refractivity contribution in [2.75, 3.05) is 5.32 Å². The summed E-state index contributed by atoms with van der Waals surface area (Å²) in [6.45, 7) is 0. The van der Waals surface area contributed by atoms with Gasteiger partial charge in [-0.05, 0) is 6.42 Å². The van der Waals surface area contributed by atoms with Gasteiger partial charge in [0.05, 0.1) is 11.3 Å². The maximum Gasteiger partial charge on any atom is 0.326 e. The third-order valence-electron chi connectivity index (χ3n) is 4.05. The lowest BCUT2D eigenvalue weighted by Crippen LogP contribution is -2.99. The summed E-state index contributed by atoms with van der Waals surface area (Å²) in [6.07, 6.45) is 4.13. The van der Waals surface area contributed by atoms with Crippen LogP contribution in [-0.2, 0) is 4.79 Å². The number of halogens is 1. The fourth-order valence-corrected chi connectivity index (χ4v) is 3.48. The number of aliphatic carboxylic acids is 1. The maximum absolute atomic E-state index is 11.5. The van der Waals surface area contributed by atoms with Gasteiger partial charge in [-0.1, -0.05) is 23.8 Å². The maximum atomic E-state index is 11.5. The Morgan fingerprint density at radius 2 is 2.24 bits per heavy atom. The number of fused-ring (bicyclic) bond motifs is 3. The van der Waals surface area contributed by atoms with E-state index in [9.17, 15) is 25.4 Å². The number of anilines is 1. The summed E-state index contributed by atoms with van der Waals surface area (Å²) in [7, 11) is 0. The van der Waals surface area contributed by atoms with E-state index in [0.29, 0.717) is 12.0 Å². The number of phenolic OH excluding ortho intramolecular Hbond substituents is 1. The van der Waals surface area contributed by atoms with Gasteiger partial charge in [0.25, 0.3) is 0 Å². The van der Waals surface area contributed by atoms with Crippen molar-refractivity contribution in [1.82, 2.24) is 0 Å². The quantitative estimate of drug-likeness (QED) is 0.240. The first-order valence-corrected chi connectivity index (χ1v) is 6.74. The highest BCUT2D eigenvalue weighted by Crippen LogP contribution is 2.51. The molecule has 0 bridgehead atoms. The van der Waals surface area contributed by atoms with Gasteiger partial charge in [0, 0.05) is 17.9 Å². The molecule has 112 valence electrons. The van der Waals surface area contributed by atoms with Crippen molar-refractivity contribution in [3.8, 4) is 5.75 Å². The lowest BCUT2D eigenvalue weighted by Gasteiger charge is -2.36. The molecule has 7 nitrogen and oxygen atoms in total. The Kier molecular flexibility index (Phi) is 3.29. The molecule has 1 aliphatic heterocycles. The standard InChI is InChI=1S/C13H13ClN2O5/c14-7-4-8(17)11-9(12(7)16(20)21)5-2-1-3-6(5)10(15-11)13(18)19/h1-2,4-6,10,15-17,20H,3H2,(H,18,19)/t5-,6-,10+/m0/s1. The van der Waals surface area contributed by atoms with Gasteiger partial charge in [0.1, 0.15) is 16.8 Å². The van der Waals surface area contributed by atoms with Gasteiger partial charge in [-0.15, -0.1) is 0 Å². The third-order valence-corrected chi connectivity index (χ3v) is 4.35. The van der Waals surface area contributed by atoms with Gasteiger partial charge in [0.15, 0.2) is 5.69 Å². The Morgan fingerprint density at radius 3 is 2.86 bits per heavy atom. The number of allylic oxidation sites excluding steroid dienone is 2. The van der Waals surface area contributed by atoms with Crippen molar-refractivity contribution in [3.63, 3.8) is 0 Å². The number of phenols is 1. The van der Waals surface area contributed by atoms with Crippen LogP contribution in [0.25, 0.3) is 0 Å². The topological polar surface area (TPSA) is 117 Å². The highest BCUT2D eigenvalue weighted by Gasteiger charge is 2.44. The minimum absolute atomic E-state index is 0.0617. The Morgan fingerprint density at radius 1 is 1.52 bits per heavy atom. The molecule has 8 heteroatoms. The van der Waals surface area contributed by atoms with Gasteiger partial charge >= 0.3 is 5.97 Å². The Labute approximate surface area is 124 Å². The van der Waals surface area contributed by atoms with Crippen LogP contribution in [0.1, 0.15) is 17.9 Å². The van der Waals surface area contributed by atoms with Crippen LogP contribution in [0, 0.1) is 11.1 Å². The number of rotatable bonds is 2. The fourth-order valence-electron chi connectivity index (χ4n) is 3.19. The minimum Gasteiger partial charge on any atom is -0.595 e. The first-order valence-electron chi connectivity index (χ1n) is 6.36. The summed E-state index contributed by atoms with van der Waals surface area (Å²) in [4.78, 5) is 11.4. The number of carboxylic acid groups (broad SMARTS) is 1. The molecule has 1 heterocycles. The summed E-state index contributed by atoms with van der Waals surface area (Å²) < 4.78 is 0. The number of carbonyl (C=O) groups is 1. The lowest BCUT2D eigenvalue weighted by molar-refractivity contribution is -0.991. The van der Waals surface area contributed by atoms with Crippen molar-refractivity contribution < 1.29 is 25.4 Å². The fraction of sp³-hybridized carbons (Fsp3) is 0.308. The van der Waals surface area contributed by atoms with Crippen molar-refractivity contribution in [2.45, 2.75) is 18.4 Å². The number of nitrogens with one attached hydrogen (secondary N) is 2. The Bertz CT molecular complexity index is 646. The predicted molar refractivity (Wildman–Crippen MR) is 73.9 cm³/mol. The van der Waals surface area contributed by atoms with E-state index in [1.54, 1.807) is 6.08 Å². The zero-order valence-corrected chi connectivity index (χ0v) is 11.5. The first-order chi connectivity index (χ1) is 9.91. The van der Waals surface area contributed by atoms with E-state index in [0.717, 1.165) is 6.07 Å². The summed E-state index contributed by atoms with van der Waals surface area (Å²) in [5, 5.41) is 41.7. The number of benzene rings is 1. The average molecular weight is 313 g/mol. The summed E-state index contributed by atoms with van der Waals surface area (Å²) in [6, 6.07) is 0.237. The van der Waals surface area contributed by atoms with E-state index >= 15 is 0 Å². The van der Waals surface area contributed by atoms with Gasteiger partial charge in [-0.3, -0.25) is 0 Å². The van der Waals surface area contributed by atoms with Crippen molar-refractivity contribution in [2.24, 2.45) is 5.92 Å². The summed E-state index contributed by atoms with van der Waals surface area (Å²) in [5.41, 5.74) is 0.392. The van der Waals surface area contributed by atoms with E-state index in [1.165, 1.54) is 0 Å². The second-order valence-electron chi connectivity index (χ2n) is 5.16. The van der Waals surface area contributed by atoms with Crippen molar-refractivity contribution in [1.29, 1.82) is 0 Å². The van der Waals surface area contributed by atoms with E-state index < -0.39 is 23.2 Å². The lowest BCUT2D eigenvalue weighted by atomic mass is 9.78. The number of carboxylic acids is 1. The van der Waals surface area contributed by atoms with Crippen LogP contribution in [0.5, 0.6) is 5.75 Å². The molecule has 1 aromatic rings. The highest BCUT2D eigenvalue weighted by atomic mass is 35.5. The van der Waals surface area contributed by atoms with Crippen molar-refractivity contribution in [3.05, 3.63) is 34.0 Å². The number of hydrogen-bond donors (Lipinski definition) is 5. The van der Waals surface area contributed by atoms with E-state index in [1.807, 2.05) is 6.08 Å². The zero-order chi connectivity index (χ0) is 15.3. The van der Waals surface area contributed by atoms with Crippen molar-refractivity contribution >= 4 is 28.9 Å². The van der Waals surface area contributed by atoms with Crippen LogP contribution in [0.2, 0.25) is 5.02 Å². The molecule has 21 heavy (non-hydrogen) atoms.